The maximum atomic E-state index is 12.9. The minimum atomic E-state index is -0.776. The first kappa shape index (κ1) is 15.7. The molecule has 0 aliphatic carbocycles. The molecule has 6 nitrogen and oxygen atoms in total. The Kier molecular flexibility index (Phi) is 4.24. The lowest BCUT2D eigenvalue weighted by atomic mass is 10.2. The Balaban J connectivity index is 1.73. The molecule has 7 heteroatoms. The summed E-state index contributed by atoms with van der Waals surface area (Å²) in [5.41, 5.74) is 0.766. The standard InChI is InChI=1S/C17H13FN2O4/c1-10(23-17(22)12-3-2-4-14(21)9-12)15-19-20-16(24-15)11-5-7-13(18)8-6-11/h2-10,21H,1H3/t10-/m0/s1. The smallest absolute Gasteiger partial charge is 0.339 e. The van der Waals surface area contributed by atoms with Crippen molar-refractivity contribution in [3.05, 3.63) is 65.8 Å². The van der Waals surface area contributed by atoms with Crippen LogP contribution < -0.4 is 0 Å². The molecule has 2 aromatic carbocycles. The first-order valence-electron chi connectivity index (χ1n) is 7.12. The highest BCUT2D eigenvalue weighted by molar-refractivity contribution is 5.89. The Morgan fingerprint density at radius 3 is 2.67 bits per heavy atom. The Morgan fingerprint density at radius 1 is 1.21 bits per heavy atom. The number of aromatic nitrogens is 2. The summed E-state index contributed by atoms with van der Waals surface area (Å²) in [5.74, 6) is -0.714. The van der Waals surface area contributed by atoms with Crippen molar-refractivity contribution in [1.29, 1.82) is 0 Å². The van der Waals surface area contributed by atoms with Gasteiger partial charge in [0.15, 0.2) is 6.10 Å². The number of esters is 1. The van der Waals surface area contributed by atoms with Gasteiger partial charge in [0.1, 0.15) is 11.6 Å². The molecule has 0 spiro atoms. The van der Waals surface area contributed by atoms with Crippen LogP contribution in [-0.4, -0.2) is 21.3 Å². The first-order valence-corrected chi connectivity index (χ1v) is 7.12. The van der Waals surface area contributed by atoms with Crippen molar-refractivity contribution in [3.63, 3.8) is 0 Å². The summed E-state index contributed by atoms with van der Waals surface area (Å²) in [7, 11) is 0. The van der Waals surface area contributed by atoms with E-state index in [1.165, 1.54) is 48.5 Å². The van der Waals surface area contributed by atoms with Gasteiger partial charge in [-0.15, -0.1) is 10.2 Å². The van der Waals surface area contributed by atoms with E-state index in [-0.39, 0.29) is 28.9 Å². The van der Waals surface area contributed by atoms with E-state index in [0.717, 1.165) is 0 Å². The number of phenolic OH excluding ortho intramolecular Hbond substituents is 1. The third-order valence-corrected chi connectivity index (χ3v) is 3.25. The van der Waals surface area contributed by atoms with Crippen LogP contribution in [0.25, 0.3) is 11.5 Å². The van der Waals surface area contributed by atoms with Gasteiger partial charge in [0.2, 0.25) is 5.89 Å². The van der Waals surface area contributed by atoms with E-state index in [1.54, 1.807) is 6.92 Å². The number of ether oxygens (including phenoxy) is 1. The molecule has 1 aromatic heterocycles. The van der Waals surface area contributed by atoms with Gasteiger partial charge in [-0.3, -0.25) is 0 Å². The summed E-state index contributed by atoms with van der Waals surface area (Å²) in [4.78, 5) is 12.0. The maximum absolute atomic E-state index is 12.9. The third kappa shape index (κ3) is 3.40. The van der Waals surface area contributed by atoms with Crippen LogP contribution in [0.1, 0.15) is 29.3 Å². The molecule has 1 N–H and O–H groups in total. The van der Waals surface area contributed by atoms with Gasteiger partial charge in [-0.05, 0) is 49.4 Å². The van der Waals surface area contributed by atoms with Crippen LogP contribution in [-0.2, 0) is 4.74 Å². The number of hydrogen-bond acceptors (Lipinski definition) is 6. The van der Waals surface area contributed by atoms with Crippen molar-refractivity contribution < 1.29 is 23.4 Å². The van der Waals surface area contributed by atoms with E-state index in [9.17, 15) is 14.3 Å². The van der Waals surface area contributed by atoms with Crippen molar-refractivity contribution in [3.8, 4) is 17.2 Å². The van der Waals surface area contributed by atoms with Crippen molar-refractivity contribution >= 4 is 5.97 Å². The summed E-state index contributed by atoms with van der Waals surface area (Å²) in [6.07, 6.45) is -0.776. The van der Waals surface area contributed by atoms with Crippen molar-refractivity contribution in [1.82, 2.24) is 10.2 Å². The van der Waals surface area contributed by atoms with E-state index in [4.69, 9.17) is 9.15 Å². The molecule has 0 aliphatic heterocycles. The molecule has 0 aliphatic rings. The molecule has 0 unspecified atom stereocenters. The summed E-state index contributed by atoms with van der Waals surface area (Å²) >= 11 is 0. The van der Waals surface area contributed by atoms with Gasteiger partial charge in [-0.1, -0.05) is 6.07 Å². The minimum Gasteiger partial charge on any atom is -0.508 e. The number of nitrogens with zero attached hydrogens (tertiary/aromatic N) is 2. The summed E-state index contributed by atoms with van der Waals surface area (Å²) in [5, 5.41) is 17.1. The number of carbonyl (C=O) groups is 1. The monoisotopic (exact) mass is 328 g/mol. The number of phenols is 1. The summed E-state index contributed by atoms with van der Waals surface area (Å²) in [6.45, 7) is 1.59. The zero-order valence-electron chi connectivity index (χ0n) is 12.6. The second-order valence-corrected chi connectivity index (χ2v) is 5.05. The highest BCUT2D eigenvalue weighted by Crippen LogP contribution is 2.23. The second kappa shape index (κ2) is 6.49. The Bertz CT molecular complexity index is 861. The average Bonchev–Trinajstić information content (AvgIpc) is 3.05. The number of carbonyl (C=O) groups excluding carboxylic acids is 1. The minimum absolute atomic E-state index is 0.0338. The molecule has 24 heavy (non-hydrogen) atoms. The van der Waals surface area contributed by atoms with Gasteiger partial charge in [-0.25, -0.2) is 9.18 Å². The topological polar surface area (TPSA) is 85.5 Å². The molecular formula is C17H13FN2O4. The van der Waals surface area contributed by atoms with Crippen LogP contribution in [0, 0.1) is 5.82 Å². The fourth-order valence-electron chi connectivity index (χ4n) is 2.02. The Hall–Kier alpha value is -3.22. The molecule has 0 radical (unpaired) electrons. The van der Waals surface area contributed by atoms with Crippen LogP contribution in [0.3, 0.4) is 0 Å². The van der Waals surface area contributed by atoms with Gasteiger partial charge < -0.3 is 14.3 Å². The zero-order valence-corrected chi connectivity index (χ0v) is 12.6. The average molecular weight is 328 g/mol. The fraction of sp³-hybridized carbons (Fsp3) is 0.118. The largest absolute Gasteiger partial charge is 0.508 e. The van der Waals surface area contributed by atoms with Crippen molar-refractivity contribution in [2.45, 2.75) is 13.0 Å². The lowest BCUT2D eigenvalue weighted by Crippen LogP contribution is -2.09. The molecule has 0 amide bonds. The Morgan fingerprint density at radius 2 is 1.96 bits per heavy atom. The van der Waals surface area contributed by atoms with E-state index in [0.29, 0.717) is 5.56 Å². The molecule has 0 saturated heterocycles. The number of aromatic hydroxyl groups is 1. The molecule has 3 aromatic rings. The molecule has 1 atom stereocenters. The van der Waals surface area contributed by atoms with Crippen LogP contribution >= 0.6 is 0 Å². The predicted octanol–water partition coefficient (Wildman–Crippen LogP) is 3.50. The molecule has 0 saturated carbocycles. The number of benzene rings is 2. The number of halogens is 1. The maximum Gasteiger partial charge on any atom is 0.339 e. The third-order valence-electron chi connectivity index (χ3n) is 3.25. The van der Waals surface area contributed by atoms with E-state index in [2.05, 4.69) is 10.2 Å². The van der Waals surface area contributed by atoms with Gasteiger partial charge >= 0.3 is 5.97 Å². The zero-order chi connectivity index (χ0) is 17.1. The first-order chi connectivity index (χ1) is 11.5. The van der Waals surface area contributed by atoms with E-state index < -0.39 is 12.1 Å². The number of hydrogen-bond donors (Lipinski definition) is 1. The Labute approximate surface area is 136 Å². The van der Waals surface area contributed by atoms with Gasteiger partial charge in [-0.2, -0.15) is 0 Å². The van der Waals surface area contributed by atoms with Crippen LogP contribution in [0.5, 0.6) is 5.75 Å². The molecule has 0 bridgehead atoms. The molecule has 1 heterocycles. The normalized spacial score (nSPS) is 11.9. The van der Waals surface area contributed by atoms with Gasteiger partial charge in [0.05, 0.1) is 5.56 Å². The molecular weight excluding hydrogens is 315 g/mol. The van der Waals surface area contributed by atoms with Crippen LogP contribution in [0.2, 0.25) is 0 Å². The van der Waals surface area contributed by atoms with Crippen LogP contribution in [0.4, 0.5) is 4.39 Å². The summed E-state index contributed by atoms with van der Waals surface area (Å²) < 4.78 is 23.6. The SMILES string of the molecule is C[C@H](OC(=O)c1cccc(O)c1)c1nnc(-c2ccc(F)cc2)o1. The lowest BCUT2D eigenvalue weighted by molar-refractivity contribution is 0.0279. The van der Waals surface area contributed by atoms with E-state index >= 15 is 0 Å². The molecule has 0 fully saturated rings. The predicted molar refractivity (Wildman–Crippen MR) is 81.6 cm³/mol. The number of rotatable bonds is 4. The second-order valence-electron chi connectivity index (χ2n) is 5.05. The highest BCUT2D eigenvalue weighted by atomic mass is 19.1. The fourth-order valence-corrected chi connectivity index (χ4v) is 2.02. The van der Waals surface area contributed by atoms with Gasteiger partial charge in [0.25, 0.3) is 5.89 Å². The molecule has 3 rings (SSSR count). The quantitative estimate of drug-likeness (QED) is 0.738. The molecule has 122 valence electrons. The van der Waals surface area contributed by atoms with Gasteiger partial charge in [0, 0.05) is 5.56 Å². The van der Waals surface area contributed by atoms with Crippen LogP contribution in [0.15, 0.2) is 52.9 Å². The lowest BCUT2D eigenvalue weighted by Gasteiger charge is -2.09. The van der Waals surface area contributed by atoms with Crippen molar-refractivity contribution in [2.75, 3.05) is 0 Å². The summed E-state index contributed by atoms with van der Waals surface area (Å²) in [6, 6.07) is 11.4. The van der Waals surface area contributed by atoms with E-state index in [1.807, 2.05) is 0 Å². The van der Waals surface area contributed by atoms with Crippen molar-refractivity contribution in [2.24, 2.45) is 0 Å². The highest BCUT2D eigenvalue weighted by Gasteiger charge is 2.20.